The number of hydrogen-bond donors (Lipinski definition) is 0. The first-order valence-corrected chi connectivity index (χ1v) is 16.9. The Balaban J connectivity index is 1.26. The molecule has 0 aliphatic heterocycles. The van der Waals surface area contributed by atoms with Crippen molar-refractivity contribution >= 4 is 63.8 Å². The van der Waals surface area contributed by atoms with E-state index in [-0.39, 0.29) is 5.41 Å². The maximum atomic E-state index is 2.46. The zero-order valence-corrected chi connectivity index (χ0v) is 26.6. The maximum Gasteiger partial charge on any atom is 0.0402 e. The van der Waals surface area contributed by atoms with Crippen LogP contribution in [0.1, 0.15) is 25.0 Å². The summed E-state index contributed by atoms with van der Waals surface area (Å²) in [6.07, 6.45) is 0. The molecule has 1 heteroatoms. The lowest BCUT2D eigenvalue weighted by molar-refractivity contribution is 0.667. The van der Waals surface area contributed by atoms with E-state index in [1.807, 2.05) is 11.3 Å². The number of benzene rings is 8. The molecule has 0 atom stereocenters. The van der Waals surface area contributed by atoms with Gasteiger partial charge in [-0.2, -0.15) is 0 Å². The summed E-state index contributed by atoms with van der Waals surface area (Å²) < 4.78 is 2.77. The van der Waals surface area contributed by atoms with Gasteiger partial charge in [-0.15, -0.1) is 11.3 Å². The smallest absolute Gasteiger partial charge is 0.0402 e. The molecule has 216 valence electrons. The Morgan fingerprint density at radius 2 is 1.04 bits per heavy atom. The summed E-state index contributed by atoms with van der Waals surface area (Å²) in [5, 5.41) is 10.4. The first kappa shape index (κ1) is 26.0. The van der Waals surface area contributed by atoms with E-state index in [1.165, 1.54) is 97.0 Å². The second-order valence-electron chi connectivity index (χ2n) is 13.2. The van der Waals surface area contributed by atoms with Gasteiger partial charge in [-0.3, -0.25) is 0 Å². The zero-order chi connectivity index (χ0) is 30.6. The van der Waals surface area contributed by atoms with Gasteiger partial charge in [0.1, 0.15) is 0 Å². The molecule has 1 aliphatic carbocycles. The number of hydrogen-bond acceptors (Lipinski definition) is 1. The molecular weight excluding hydrogens is 573 g/mol. The summed E-state index contributed by atoms with van der Waals surface area (Å²) in [5.41, 5.74) is 10.8. The third-order valence-electron chi connectivity index (χ3n) is 10.4. The fraction of sp³-hybridized carbons (Fsp3) is 0.0667. The van der Waals surface area contributed by atoms with E-state index in [0.29, 0.717) is 0 Å². The molecule has 0 saturated heterocycles. The monoisotopic (exact) mass is 602 g/mol. The fourth-order valence-corrected chi connectivity index (χ4v) is 9.80. The molecule has 0 amide bonds. The van der Waals surface area contributed by atoms with Crippen LogP contribution < -0.4 is 0 Å². The molecule has 0 saturated carbocycles. The molecule has 0 unspecified atom stereocenters. The van der Waals surface area contributed by atoms with Crippen LogP contribution in [-0.4, -0.2) is 0 Å². The van der Waals surface area contributed by atoms with Crippen LogP contribution in [0.4, 0.5) is 0 Å². The van der Waals surface area contributed by atoms with Gasteiger partial charge in [-0.05, 0) is 89.0 Å². The summed E-state index contributed by atoms with van der Waals surface area (Å²) >= 11 is 1.95. The van der Waals surface area contributed by atoms with Gasteiger partial charge in [0.25, 0.3) is 0 Å². The van der Waals surface area contributed by atoms with Crippen molar-refractivity contribution in [3.05, 3.63) is 157 Å². The third-order valence-corrected chi connectivity index (χ3v) is 11.6. The van der Waals surface area contributed by atoms with Crippen molar-refractivity contribution in [3.8, 4) is 33.4 Å². The summed E-state index contributed by atoms with van der Waals surface area (Å²) in [7, 11) is 0. The molecule has 0 N–H and O–H groups in total. The molecule has 1 heterocycles. The topological polar surface area (TPSA) is 0 Å². The normalized spacial score (nSPS) is 13.6. The van der Waals surface area contributed by atoms with Crippen LogP contribution in [0, 0.1) is 0 Å². The molecular formula is C45H30S. The van der Waals surface area contributed by atoms with Crippen LogP contribution in [0.2, 0.25) is 0 Å². The van der Waals surface area contributed by atoms with E-state index in [0.717, 1.165) is 0 Å². The first-order chi connectivity index (χ1) is 22.6. The third kappa shape index (κ3) is 3.44. The van der Waals surface area contributed by atoms with Crippen LogP contribution >= 0.6 is 11.3 Å². The average molecular weight is 603 g/mol. The number of fused-ring (bicyclic) bond motifs is 10. The van der Waals surface area contributed by atoms with Gasteiger partial charge in [0.2, 0.25) is 0 Å². The maximum absolute atomic E-state index is 2.46. The van der Waals surface area contributed by atoms with E-state index < -0.39 is 0 Å². The van der Waals surface area contributed by atoms with Gasteiger partial charge < -0.3 is 0 Å². The van der Waals surface area contributed by atoms with Crippen LogP contribution in [-0.2, 0) is 5.41 Å². The van der Waals surface area contributed by atoms with Crippen molar-refractivity contribution in [2.45, 2.75) is 19.3 Å². The second kappa shape index (κ2) is 9.39. The fourth-order valence-electron chi connectivity index (χ4n) is 8.41. The van der Waals surface area contributed by atoms with Crippen molar-refractivity contribution < 1.29 is 0 Å². The molecule has 8 aromatic carbocycles. The van der Waals surface area contributed by atoms with E-state index in [4.69, 9.17) is 0 Å². The van der Waals surface area contributed by atoms with Gasteiger partial charge in [0, 0.05) is 25.6 Å². The van der Waals surface area contributed by atoms with Gasteiger partial charge in [0.15, 0.2) is 0 Å². The van der Waals surface area contributed by atoms with Crippen molar-refractivity contribution in [1.29, 1.82) is 0 Å². The highest BCUT2D eigenvalue weighted by atomic mass is 32.1. The second-order valence-corrected chi connectivity index (χ2v) is 14.3. The van der Waals surface area contributed by atoms with Crippen molar-refractivity contribution in [2.75, 3.05) is 0 Å². The minimum Gasteiger partial charge on any atom is -0.135 e. The van der Waals surface area contributed by atoms with Gasteiger partial charge >= 0.3 is 0 Å². The number of rotatable bonds is 2. The van der Waals surface area contributed by atoms with E-state index in [2.05, 4.69) is 159 Å². The van der Waals surface area contributed by atoms with Gasteiger partial charge in [0.05, 0.1) is 0 Å². The van der Waals surface area contributed by atoms with Crippen LogP contribution in [0.3, 0.4) is 0 Å². The van der Waals surface area contributed by atoms with Crippen LogP contribution in [0.25, 0.3) is 85.9 Å². The molecule has 10 rings (SSSR count). The molecule has 9 aromatic rings. The molecule has 0 bridgehead atoms. The van der Waals surface area contributed by atoms with Crippen LogP contribution in [0.5, 0.6) is 0 Å². The minimum atomic E-state index is -0.0288. The predicted molar refractivity (Wildman–Crippen MR) is 200 cm³/mol. The predicted octanol–water partition coefficient (Wildman–Crippen LogP) is 13.2. The van der Waals surface area contributed by atoms with E-state index in [1.54, 1.807) is 0 Å². The lowest BCUT2D eigenvalue weighted by Crippen LogP contribution is -2.14. The highest BCUT2D eigenvalue weighted by Gasteiger charge is 2.37. The number of thiophene rings is 1. The van der Waals surface area contributed by atoms with Gasteiger partial charge in [-0.25, -0.2) is 0 Å². The molecule has 0 nitrogen and oxygen atoms in total. The average Bonchev–Trinajstić information content (AvgIpc) is 3.58. The van der Waals surface area contributed by atoms with Crippen LogP contribution in [0.15, 0.2) is 146 Å². The first-order valence-electron chi connectivity index (χ1n) is 16.1. The quantitative estimate of drug-likeness (QED) is 0.173. The SMILES string of the molecule is CC1(C)c2ccccc2-c2ccc3c(sc4ccc(-c5c6ccccc6c(-c6cccc7ccccc67)c6ccccc56)cc43)c21. The molecule has 1 aromatic heterocycles. The highest BCUT2D eigenvalue weighted by Crippen LogP contribution is 2.54. The Morgan fingerprint density at radius 1 is 0.435 bits per heavy atom. The van der Waals surface area contributed by atoms with E-state index >= 15 is 0 Å². The standard InChI is InChI=1S/C45H30S/c1-45(2)39-21-10-9-15-30(39)36-23-24-37-38-26-28(22-25-40(38)46-44(37)43(36)45)41-32-16-5-7-18-34(32)42(35-19-8-6-17-33(35)41)31-20-11-13-27-12-3-4-14-29(27)31/h3-26H,1-2H3. The summed E-state index contributed by atoms with van der Waals surface area (Å²) in [6, 6.07) is 54.3. The van der Waals surface area contributed by atoms with Crippen molar-refractivity contribution in [1.82, 2.24) is 0 Å². The Bertz CT molecular complexity index is 2660. The lowest BCUT2D eigenvalue weighted by atomic mass is 9.82. The Kier molecular flexibility index (Phi) is 5.31. The van der Waals surface area contributed by atoms with Crippen molar-refractivity contribution in [2.24, 2.45) is 0 Å². The summed E-state index contributed by atoms with van der Waals surface area (Å²) in [5.74, 6) is 0. The lowest BCUT2D eigenvalue weighted by Gasteiger charge is -2.22. The molecule has 0 radical (unpaired) electrons. The largest absolute Gasteiger partial charge is 0.135 e. The molecule has 0 fully saturated rings. The van der Waals surface area contributed by atoms with Crippen molar-refractivity contribution in [3.63, 3.8) is 0 Å². The summed E-state index contributed by atoms with van der Waals surface area (Å²) in [4.78, 5) is 0. The highest BCUT2D eigenvalue weighted by molar-refractivity contribution is 7.26. The Hall–Kier alpha value is -5.24. The van der Waals surface area contributed by atoms with E-state index in [9.17, 15) is 0 Å². The zero-order valence-electron chi connectivity index (χ0n) is 25.8. The Labute approximate surface area is 272 Å². The molecule has 1 aliphatic rings. The summed E-state index contributed by atoms with van der Waals surface area (Å²) in [6.45, 7) is 4.78. The molecule has 0 spiro atoms. The Morgan fingerprint density at radius 3 is 1.80 bits per heavy atom. The minimum absolute atomic E-state index is 0.0288. The molecule has 46 heavy (non-hydrogen) atoms. The van der Waals surface area contributed by atoms with Gasteiger partial charge in [-0.1, -0.05) is 147 Å².